The zero-order chi connectivity index (χ0) is 28.6. The van der Waals surface area contributed by atoms with Gasteiger partial charge in [-0.25, -0.2) is 14.6 Å². The van der Waals surface area contributed by atoms with Crippen LogP contribution in [0.2, 0.25) is 0 Å². The Morgan fingerprint density at radius 1 is 1.23 bits per heavy atom. The highest BCUT2D eigenvalue weighted by atomic mass is 16.2. The van der Waals surface area contributed by atoms with E-state index >= 15 is 0 Å². The van der Waals surface area contributed by atoms with E-state index < -0.39 is 0 Å². The lowest BCUT2D eigenvalue weighted by Gasteiger charge is -2.33. The second-order valence-corrected chi connectivity index (χ2v) is 9.95. The van der Waals surface area contributed by atoms with Gasteiger partial charge in [0.25, 0.3) is 11.5 Å². The highest BCUT2D eigenvalue weighted by Gasteiger charge is 2.26. The molecule has 11 nitrogen and oxygen atoms in total. The van der Waals surface area contributed by atoms with Crippen molar-refractivity contribution < 1.29 is 4.79 Å². The number of nitrogen functional groups attached to an aromatic ring is 1. The molecule has 4 heterocycles. The Hall–Kier alpha value is -4.67. The number of carbonyl (C=O) groups is 1. The lowest BCUT2D eigenvalue weighted by Crippen LogP contribution is -2.31. The number of H-pyrrole nitrogens is 1. The molecule has 0 bridgehead atoms. The van der Waals surface area contributed by atoms with E-state index in [0.29, 0.717) is 0 Å². The van der Waals surface area contributed by atoms with Gasteiger partial charge in [0.1, 0.15) is 6.33 Å². The molecule has 1 amide bonds. The van der Waals surface area contributed by atoms with Crippen LogP contribution in [0.4, 0.5) is 5.95 Å². The third kappa shape index (κ3) is 7.67. The first-order valence-corrected chi connectivity index (χ1v) is 12.6. The summed E-state index contributed by atoms with van der Waals surface area (Å²) in [6, 6.07) is 0. The normalized spacial score (nSPS) is 15.9. The minimum absolute atomic E-state index is 0.0362. The third-order valence-corrected chi connectivity index (χ3v) is 6.31. The van der Waals surface area contributed by atoms with Gasteiger partial charge in [0.15, 0.2) is 11.2 Å². The summed E-state index contributed by atoms with van der Waals surface area (Å²) in [6.07, 6.45) is 19.0. The van der Waals surface area contributed by atoms with Crippen LogP contribution in [-0.4, -0.2) is 41.6 Å². The Morgan fingerprint density at radius 2 is 2.00 bits per heavy atom. The molecule has 0 radical (unpaired) electrons. The predicted octanol–water partition coefficient (Wildman–Crippen LogP) is 3.49. The molecular formula is C28H37N9O2. The Balaban J connectivity index is 0.000000753. The highest BCUT2D eigenvalue weighted by molar-refractivity contribution is 5.95. The largest absolute Gasteiger partial charge is 0.388 e. The number of amides is 1. The van der Waals surface area contributed by atoms with E-state index in [0.717, 1.165) is 24.1 Å². The Kier molecular flexibility index (Phi) is 9.43. The van der Waals surface area contributed by atoms with Crippen molar-refractivity contribution in [1.82, 2.24) is 34.5 Å². The Bertz CT molecular complexity index is 1500. The molecule has 0 unspecified atom stereocenters. The number of allylic oxidation sites excluding steroid dienone is 9. The monoisotopic (exact) mass is 531 g/mol. The number of nitrogens with one attached hydrogen (secondary N) is 3. The first kappa shape index (κ1) is 28.9. The van der Waals surface area contributed by atoms with Gasteiger partial charge in [-0.2, -0.15) is 4.98 Å². The van der Waals surface area contributed by atoms with Gasteiger partial charge < -0.3 is 16.0 Å². The number of aromatic nitrogens is 6. The number of nitrogens with two attached hydrogens (primary N) is 1. The standard InChI is InChI=1S/C25H33N7O2.C3H4N2/c1-16(10-11-19-18(3)27-13-12-25(19,4)5)8-7-9-17(2)14-20(33)30-32-15-28-21-22(32)29-24(26)31(6)23(21)34;1-2-5-3-4-1/h7-11,14-15,27H,12-13H2,1-6H3,(H2,26,29)(H,30,33);1-3H,(H,4,5)/b9-7+,11-10+,16-8+,17-14+;. The molecule has 0 aromatic carbocycles. The van der Waals surface area contributed by atoms with E-state index in [1.54, 1.807) is 18.7 Å². The van der Waals surface area contributed by atoms with Gasteiger partial charge in [0.05, 0.1) is 6.33 Å². The van der Waals surface area contributed by atoms with Crippen molar-refractivity contribution in [2.45, 2.75) is 41.0 Å². The summed E-state index contributed by atoms with van der Waals surface area (Å²) in [7, 11) is 1.51. The fourth-order valence-electron chi connectivity index (χ4n) is 4.02. The van der Waals surface area contributed by atoms with Gasteiger partial charge in [-0.15, -0.1) is 0 Å². The van der Waals surface area contributed by atoms with Crippen LogP contribution in [0.3, 0.4) is 0 Å². The van der Waals surface area contributed by atoms with Gasteiger partial charge in [0.2, 0.25) is 5.95 Å². The average Bonchev–Trinajstić information content (AvgIpc) is 3.56. The minimum Gasteiger partial charge on any atom is -0.388 e. The number of hydrogen-bond acceptors (Lipinski definition) is 7. The molecule has 206 valence electrons. The maximum Gasteiger partial charge on any atom is 0.282 e. The lowest BCUT2D eigenvalue weighted by molar-refractivity contribution is -0.112. The molecule has 0 saturated carbocycles. The smallest absolute Gasteiger partial charge is 0.282 e. The van der Waals surface area contributed by atoms with Crippen molar-refractivity contribution >= 4 is 23.0 Å². The third-order valence-electron chi connectivity index (χ3n) is 6.31. The number of hydrogen-bond donors (Lipinski definition) is 4. The number of rotatable bonds is 6. The van der Waals surface area contributed by atoms with Crippen molar-refractivity contribution in [2.75, 3.05) is 17.7 Å². The van der Waals surface area contributed by atoms with E-state index in [4.69, 9.17) is 5.73 Å². The summed E-state index contributed by atoms with van der Waals surface area (Å²) in [5.41, 5.74) is 12.9. The molecule has 1 aliphatic heterocycles. The number of aromatic amines is 1. The van der Waals surface area contributed by atoms with Crippen molar-refractivity contribution in [3.63, 3.8) is 0 Å². The maximum absolute atomic E-state index is 12.4. The minimum atomic E-state index is -0.379. The summed E-state index contributed by atoms with van der Waals surface area (Å²) in [5, 5.41) is 3.44. The molecule has 0 aliphatic carbocycles. The molecule has 11 heteroatoms. The number of carbonyl (C=O) groups excluding carboxylic acids is 1. The van der Waals surface area contributed by atoms with Crippen LogP contribution >= 0.6 is 0 Å². The number of fused-ring (bicyclic) bond motifs is 1. The summed E-state index contributed by atoms with van der Waals surface area (Å²) in [5.74, 6) is -0.341. The molecule has 4 rings (SSSR count). The Morgan fingerprint density at radius 3 is 2.64 bits per heavy atom. The summed E-state index contributed by atoms with van der Waals surface area (Å²) in [4.78, 5) is 39.2. The number of nitrogens with zero attached hydrogens (tertiary/aromatic N) is 5. The van der Waals surface area contributed by atoms with Crippen molar-refractivity contribution in [3.05, 3.63) is 94.3 Å². The van der Waals surface area contributed by atoms with E-state index in [-0.39, 0.29) is 34.0 Å². The predicted molar refractivity (Wildman–Crippen MR) is 155 cm³/mol. The van der Waals surface area contributed by atoms with E-state index in [2.05, 4.69) is 63.6 Å². The van der Waals surface area contributed by atoms with Gasteiger partial charge >= 0.3 is 0 Å². The summed E-state index contributed by atoms with van der Waals surface area (Å²) < 4.78 is 2.49. The van der Waals surface area contributed by atoms with Crippen molar-refractivity contribution in [2.24, 2.45) is 12.5 Å². The van der Waals surface area contributed by atoms with Crippen LogP contribution in [0.5, 0.6) is 0 Å². The summed E-state index contributed by atoms with van der Waals surface area (Å²) in [6.45, 7) is 11.5. The van der Waals surface area contributed by atoms with Crippen LogP contribution in [0.25, 0.3) is 11.2 Å². The molecule has 3 aromatic heterocycles. The van der Waals surface area contributed by atoms with Crippen LogP contribution in [0.1, 0.15) is 41.0 Å². The molecule has 39 heavy (non-hydrogen) atoms. The van der Waals surface area contributed by atoms with Crippen molar-refractivity contribution in [3.8, 4) is 0 Å². The molecule has 3 aromatic rings. The molecular weight excluding hydrogens is 494 g/mol. The Labute approximate surface area is 227 Å². The van der Waals surface area contributed by atoms with Gasteiger partial charge in [-0.3, -0.25) is 19.6 Å². The number of imidazole rings is 2. The zero-order valence-electron chi connectivity index (χ0n) is 23.3. The fraction of sp³-hybridized carbons (Fsp3) is 0.321. The lowest BCUT2D eigenvalue weighted by atomic mass is 9.77. The fourth-order valence-corrected chi connectivity index (χ4v) is 4.02. The molecule has 5 N–H and O–H groups in total. The van der Waals surface area contributed by atoms with Gasteiger partial charge in [-0.1, -0.05) is 49.8 Å². The first-order valence-electron chi connectivity index (χ1n) is 12.6. The SMILES string of the molecule is CC1=C(/C=C/C(C)=C/C=C/C(C)=C/C(=O)Nn2cnc3c(=O)n(C)c(N)nc32)C(C)(C)CCN1.c1c[nH]cn1. The van der Waals surface area contributed by atoms with Crippen molar-refractivity contribution in [1.29, 1.82) is 0 Å². The van der Waals surface area contributed by atoms with E-state index in [1.165, 1.54) is 40.0 Å². The van der Waals surface area contributed by atoms with E-state index in [1.807, 2.05) is 32.1 Å². The molecule has 1 aliphatic rings. The average molecular weight is 532 g/mol. The first-order chi connectivity index (χ1) is 18.5. The second kappa shape index (κ2) is 12.7. The summed E-state index contributed by atoms with van der Waals surface area (Å²) >= 11 is 0. The van der Waals surface area contributed by atoms with Crippen LogP contribution in [-0.2, 0) is 11.8 Å². The van der Waals surface area contributed by atoms with Crippen LogP contribution in [0.15, 0.2) is 88.7 Å². The number of anilines is 1. The molecule has 0 saturated heterocycles. The van der Waals surface area contributed by atoms with E-state index in [9.17, 15) is 9.59 Å². The quantitative estimate of drug-likeness (QED) is 0.281. The van der Waals surface area contributed by atoms with Crippen LogP contribution < -0.4 is 22.0 Å². The van der Waals surface area contributed by atoms with Gasteiger partial charge in [0, 0.05) is 37.8 Å². The highest BCUT2D eigenvalue weighted by Crippen LogP contribution is 2.35. The molecule has 0 spiro atoms. The zero-order valence-corrected chi connectivity index (χ0v) is 23.3. The molecule has 0 fully saturated rings. The van der Waals surface area contributed by atoms with Gasteiger partial charge in [-0.05, 0) is 43.8 Å². The van der Waals surface area contributed by atoms with Crippen LogP contribution in [0, 0.1) is 5.41 Å². The topological polar surface area (TPSA) is 149 Å². The second-order valence-electron chi connectivity index (χ2n) is 9.95. The molecule has 0 atom stereocenters. The maximum atomic E-state index is 12.4.